The van der Waals surface area contributed by atoms with Gasteiger partial charge >= 0.3 is 0 Å². The summed E-state index contributed by atoms with van der Waals surface area (Å²) in [7, 11) is 1.60. The van der Waals surface area contributed by atoms with Gasteiger partial charge in [0.2, 0.25) is 5.91 Å². The zero-order valence-electron chi connectivity index (χ0n) is 8.94. The van der Waals surface area contributed by atoms with Gasteiger partial charge < -0.3 is 10.5 Å². The highest BCUT2D eigenvalue weighted by Gasteiger charge is 2.17. The van der Waals surface area contributed by atoms with Gasteiger partial charge in [0, 0.05) is 24.3 Å². The van der Waals surface area contributed by atoms with Crippen LogP contribution in [0.4, 0.5) is 0 Å². The van der Waals surface area contributed by atoms with Crippen molar-refractivity contribution < 1.29 is 9.53 Å². The van der Waals surface area contributed by atoms with Crippen LogP contribution in [0.15, 0.2) is 22.8 Å². The molecule has 0 radical (unpaired) electrons. The number of primary amides is 1. The van der Waals surface area contributed by atoms with Crippen molar-refractivity contribution in [1.29, 1.82) is 0 Å². The number of nitrogens with zero attached hydrogens (tertiary/aromatic N) is 1. The Balaban J connectivity index is 2.69. The number of amides is 1. The summed E-state index contributed by atoms with van der Waals surface area (Å²) >= 11 is 3.28. The van der Waals surface area contributed by atoms with E-state index in [2.05, 4.69) is 26.2 Å². The summed E-state index contributed by atoms with van der Waals surface area (Å²) in [6, 6.07) is 2.98. The van der Waals surface area contributed by atoms with Gasteiger partial charge in [-0.3, -0.25) is 15.1 Å². The van der Waals surface area contributed by atoms with Gasteiger partial charge in [-0.1, -0.05) is 0 Å². The molecule has 0 aliphatic heterocycles. The fourth-order valence-electron chi connectivity index (χ4n) is 1.21. The normalized spacial score (nSPS) is 12.4. The minimum Gasteiger partial charge on any atom is -0.383 e. The van der Waals surface area contributed by atoms with E-state index in [1.54, 1.807) is 19.4 Å². The predicted molar refractivity (Wildman–Crippen MR) is 63.8 cm³/mol. The van der Waals surface area contributed by atoms with E-state index in [1.807, 2.05) is 6.07 Å². The minimum absolute atomic E-state index is 0.453. The van der Waals surface area contributed by atoms with Crippen LogP contribution < -0.4 is 11.1 Å². The van der Waals surface area contributed by atoms with Crippen molar-refractivity contribution in [2.75, 3.05) is 20.3 Å². The van der Waals surface area contributed by atoms with E-state index in [-0.39, 0.29) is 0 Å². The lowest BCUT2D eigenvalue weighted by molar-refractivity contribution is -0.120. The summed E-state index contributed by atoms with van der Waals surface area (Å²) in [4.78, 5) is 15.4. The largest absolute Gasteiger partial charge is 0.383 e. The molecule has 1 atom stereocenters. The van der Waals surface area contributed by atoms with E-state index < -0.39 is 11.9 Å². The second kappa shape index (κ2) is 6.57. The lowest BCUT2D eigenvalue weighted by Crippen LogP contribution is -2.35. The maximum atomic E-state index is 11.2. The van der Waals surface area contributed by atoms with Crippen LogP contribution in [0.2, 0.25) is 0 Å². The maximum Gasteiger partial charge on any atom is 0.240 e. The van der Waals surface area contributed by atoms with Crippen LogP contribution in [0.3, 0.4) is 0 Å². The third-order valence-corrected chi connectivity index (χ3v) is 2.45. The van der Waals surface area contributed by atoms with Crippen LogP contribution in [0.25, 0.3) is 0 Å². The first kappa shape index (κ1) is 13.1. The SMILES string of the molecule is COCCNC(C(N)=O)c1ccc(Br)cn1. The summed E-state index contributed by atoms with van der Waals surface area (Å²) in [5, 5.41) is 2.98. The van der Waals surface area contributed by atoms with E-state index >= 15 is 0 Å². The molecule has 5 nitrogen and oxygen atoms in total. The highest BCUT2D eigenvalue weighted by molar-refractivity contribution is 9.10. The number of carbonyl (C=O) groups is 1. The Hall–Kier alpha value is -0.980. The molecule has 0 spiro atoms. The van der Waals surface area contributed by atoms with E-state index in [4.69, 9.17) is 10.5 Å². The molecule has 0 aliphatic carbocycles. The zero-order valence-corrected chi connectivity index (χ0v) is 10.5. The van der Waals surface area contributed by atoms with Crippen molar-refractivity contribution in [3.05, 3.63) is 28.5 Å². The van der Waals surface area contributed by atoms with Crippen LogP contribution >= 0.6 is 15.9 Å². The lowest BCUT2D eigenvalue weighted by atomic mass is 10.2. The Bertz CT molecular complexity index is 342. The monoisotopic (exact) mass is 287 g/mol. The van der Waals surface area contributed by atoms with Crippen LogP contribution in [0, 0.1) is 0 Å². The molecule has 0 fully saturated rings. The van der Waals surface area contributed by atoms with Crippen molar-refractivity contribution in [2.24, 2.45) is 5.73 Å². The number of nitrogens with two attached hydrogens (primary N) is 1. The average Bonchev–Trinajstić information content (AvgIpc) is 2.26. The highest BCUT2D eigenvalue weighted by Crippen LogP contribution is 2.13. The third kappa shape index (κ3) is 3.88. The topological polar surface area (TPSA) is 77.2 Å². The van der Waals surface area contributed by atoms with E-state index in [0.717, 1.165) is 4.47 Å². The maximum absolute atomic E-state index is 11.2. The molecule has 1 amide bonds. The van der Waals surface area contributed by atoms with E-state index in [0.29, 0.717) is 18.8 Å². The number of rotatable bonds is 6. The fourth-order valence-corrected chi connectivity index (χ4v) is 1.45. The molecule has 6 heteroatoms. The second-order valence-corrected chi connectivity index (χ2v) is 4.10. The van der Waals surface area contributed by atoms with E-state index in [1.165, 1.54) is 0 Å². The standard InChI is InChI=1S/C10H14BrN3O2/c1-16-5-4-13-9(10(12)15)8-3-2-7(11)6-14-8/h2-3,6,9,13H,4-5H2,1H3,(H2,12,15). The smallest absolute Gasteiger partial charge is 0.240 e. The number of nitrogens with one attached hydrogen (secondary N) is 1. The van der Waals surface area contributed by atoms with Crippen LogP contribution in [0.1, 0.15) is 11.7 Å². The third-order valence-electron chi connectivity index (χ3n) is 1.99. The molecule has 0 aromatic carbocycles. The molecule has 1 rings (SSSR count). The first-order valence-electron chi connectivity index (χ1n) is 4.78. The molecule has 0 bridgehead atoms. The fraction of sp³-hybridized carbons (Fsp3) is 0.400. The Labute approximate surface area is 103 Å². The van der Waals surface area contributed by atoms with Gasteiger partial charge in [0.05, 0.1) is 12.3 Å². The number of pyridine rings is 1. The molecular formula is C10H14BrN3O2. The summed E-state index contributed by atoms with van der Waals surface area (Å²) < 4.78 is 5.74. The number of aromatic nitrogens is 1. The lowest BCUT2D eigenvalue weighted by Gasteiger charge is -2.14. The molecule has 0 saturated carbocycles. The number of hydrogen-bond acceptors (Lipinski definition) is 4. The van der Waals surface area contributed by atoms with Crippen molar-refractivity contribution in [3.63, 3.8) is 0 Å². The first-order valence-corrected chi connectivity index (χ1v) is 5.57. The number of ether oxygens (including phenoxy) is 1. The van der Waals surface area contributed by atoms with Crippen LogP contribution in [0.5, 0.6) is 0 Å². The summed E-state index contributed by atoms with van der Waals surface area (Å²) in [5.74, 6) is -0.453. The van der Waals surface area contributed by atoms with Crippen molar-refractivity contribution in [1.82, 2.24) is 10.3 Å². The van der Waals surface area contributed by atoms with Crippen molar-refractivity contribution >= 4 is 21.8 Å². The van der Waals surface area contributed by atoms with Crippen LogP contribution in [-0.2, 0) is 9.53 Å². The van der Waals surface area contributed by atoms with Crippen LogP contribution in [-0.4, -0.2) is 31.2 Å². The minimum atomic E-state index is -0.580. The van der Waals surface area contributed by atoms with Gasteiger partial charge in [-0.2, -0.15) is 0 Å². The number of hydrogen-bond donors (Lipinski definition) is 2. The molecule has 1 aromatic rings. The molecule has 16 heavy (non-hydrogen) atoms. The zero-order chi connectivity index (χ0) is 12.0. The van der Waals surface area contributed by atoms with E-state index in [9.17, 15) is 4.79 Å². The highest BCUT2D eigenvalue weighted by atomic mass is 79.9. The summed E-state index contributed by atoms with van der Waals surface area (Å²) in [6.07, 6.45) is 1.63. The van der Waals surface area contributed by atoms with Crippen molar-refractivity contribution in [2.45, 2.75) is 6.04 Å². The Morgan fingerprint density at radius 1 is 1.69 bits per heavy atom. The Morgan fingerprint density at radius 3 is 2.94 bits per heavy atom. The molecule has 3 N–H and O–H groups in total. The second-order valence-electron chi connectivity index (χ2n) is 3.18. The number of carbonyl (C=O) groups excluding carboxylic acids is 1. The van der Waals surface area contributed by atoms with Gasteiger partial charge in [0.1, 0.15) is 6.04 Å². The number of halogens is 1. The molecule has 1 unspecified atom stereocenters. The molecular weight excluding hydrogens is 274 g/mol. The van der Waals surface area contributed by atoms with Gasteiger partial charge in [-0.05, 0) is 28.1 Å². The predicted octanol–water partition coefficient (Wildman–Crippen LogP) is 0.607. The molecule has 0 aliphatic rings. The molecule has 88 valence electrons. The number of methoxy groups -OCH3 is 1. The molecule has 1 aromatic heterocycles. The molecule has 0 saturated heterocycles. The van der Waals surface area contributed by atoms with Gasteiger partial charge in [-0.25, -0.2) is 0 Å². The Morgan fingerprint density at radius 2 is 2.44 bits per heavy atom. The van der Waals surface area contributed by atoms with Gasteiger partial charge in [0.15, 0.2) is 0 Å². The van der Waals surface area contributed by atoms with Gasteiger partial charge in [0.25, 0.3) is 0 Å². The summed E-state index contributed by atoms with van der Waals surface area (Å²) in [6.45, 7) is 1.06. The summed E-state index contributed by atoms with van der Waals surface area (Å²) in [5.41, 5.74) is 5.90. The van der Waals surface area contributed by atoms with Gasteiger partial charge in [-0.15, -0.1) is 0 Å². The Kier molecular flexibility index (Phi) is 5.37. The quantitative estimate of drug-likeness (QED) is 0.752. The molecule has 1 heterocycles. The average molecular weight is 288 g/mol. The van der Waals surface area contributed by atoms with Crippen molar-refractivity contribution in [3.8, 4) is 0 Å². The first-order chi connectivity index (χ1) is 7.65.